The third-order valence-electron chi connectivity index (χ3n) is 2.89. The molecule has 0 saturated heterocycles. The van der Waals surface area contributed by atoms with Gasteiger partial charge in [-0.05, 0) is 23.8 Å². The number of primary amides is 1. The maximum atomic E-state index is 11.4. The zero-order chi connectivity index (χ0) is 14.3. The lowest BCUT2D eigenvalue weighted by atomic mass is 10.1. The lowest BCUT2D eigenvalue weighted by Crippen LogP contribution is -2.16. The molecule has 0 fully saturated rings. The molecule has 0 bridgehead atoms. The predicted octanol–water partition coefficient (Wildman–Crippen LogP) is 1.85. The summed E-state index contributed by atoms with van der Waals surface area (Å²) in [6.45, 7) is 0. The monoisotopic (exact) mass is 288 g/mol. The van der Waals surface area contributed by atoms with Crippen molar-refractivity contribution in [2.24, 2.45) is 5.73 Å². The van der Waals surface area contributed by atoms with Gasteiger partial charge in [-0.1, -0.05) is 23.7 Å². The van der Waals surface area contributed by atoms with E-state index in [2.05, 4.69) is 10.1 Å². The van der Waals surface area contributed by atoms with Crippen molar-refractivity contribution in [3.8, 4) is 16.9 Å². The zero-order valence-electron chi connectivity index (χ0n) is 10.1. The van der Waals surface area contributed by atoms with E-state index in [1.165, 1.54) is 16.9 Å². The van der Waals surface area contributed by atoms with Crippen LogP contribution >= 0.6 is 11.6 Å². The SMILES string of the molecule is NC(=O)c1c(O)cc(-c2cccc(Cl)c2)c2ncnn12. The molecule has 0 spiro atoms. The number of nitrogens with zero attached hydrogens (tertiary/aromatic N) is 3. The molecule has 0 aliphatic heterocycles. The van der Waals surface area contributed by atoms with Crippen molar-refractivity contribution in [2.75, 3.05) is 0 Å². The molecule has 6 nitrogen and oxygen atoms in total. The van der Waals surface area contributed by atoms with Gasteiger partial charge in [-0.3, -0.25) is 4.79 Å². The maximum absolute atomic E-state index is 11.4. The fourth-order valence-corrected chi connectivity index (χ4v) is 2.26. The van der Waals surface area contributed by atoms with E-state index in [9.17, 15) is 9.90 Å². The number of rotatable bonds is 2. The molecule has 0 saturated carbocycles. The summed E-state index contributed by atoms with van der Waals surface area (Å²) in [5.41, 5.74) is 6.91. The van der Waals surface area contributed by atoms with E-state index in [0.29, 0.717) is 16.2 Å². The van der Waals surface area contributed by atoms with Crippen molar-refractivity contribution in [2.45, 2.75) is 0 Å². The number of benzene rings is 1. The van der Waals surface area contributed by atoms with Gasteiger partial charge < -0.3 is 10.8 Å². The van der Waals surface area contributed by atoms with E-state index in [1.54, 1.807) is 18.2 Å². The molecule has 7 heteroatoms. The average Bonchev–Trinajstić information content (AvgIpc) is 2.85. The Morgan fingerprint density at radius 1 is 1.35 bits per heavy atom. The van der Waals surface area contributed by atoms with Crippen LogP contribution < -0.4 is 5.73 Å². The summed E-state index contributed by atoms with van der Waals surface area (Å²) in [5, 5.41) is 14.5. The molecular formula is C13H9ClN4O2. The molecule has 0 unspecified atom stereocenters. The van der Waals surface area contributed by atoms with Crippen LogP contribution in [0.25, 0.3) is 16.8 Å². The summed E-state index contributed by atoms with van der Waals surface area (Å²) in [6, 6.07) is 8.50. The van der Waals surface area contributed by atoms with Gasteiger partial charge in [-0.15, -0.1) is 0 Å². The number of carbonyl (C=O) groups excluding carboxylic acids is 1. The molecule has 1 amide bonds. The number of amides is 1. The molecule has 3 aromatic rings. The van der Waals surface area contributed by atoms with Crippen molar-refractivity contribution in [1.82, 2.24) is 14.6 Å². The third-order valence-corrected chi connectivity index (χ3v) is 3.13. The Kier molecular flexibility index (Phi) is 2.80. The molecule has 100 valence electrons. The highest BCUT2D eigenvalue weighted by Gasteiger charge is 2.18. The Morgan fingerprint density at radius 2 is 2.15 bits per heavy atom. The van der Waals surface area contributed by atoms with E-state index >= 15 is 0 Å². The van der Waals surface area contributed by atoms with E-state index < -0.39 is 5.91 Å². The summed E-state index contributed by atoms with van der Waals surface area (Å²) >= 11 is 5.96. The van der Waals surface area contributed by atoms with E-state index in [0.717, 1.165) is 5.56 Å². The Morgan fingerprint density at radius 3 is 2.85 bits per heavy atom. The Bertz CT molecular complexity index is 828. The van der Waals surface area contributed by atoms with Crippen LogP contribution in [0.2, 0.25) is 5.02 Å². The van der Waals surface area contributed by atoms with Gasteiger partial charge in [-0.25, -0.2) is 9.50 Å². The highest BCUT2D eigenvalue weighted by molar-refractivity contribution is 6.30. The van der Waals surface area contributed by atoms with Gasteiger partial charge in [0.05, 0.1) is 0 Å². The molecule has 2 aromatic heterocycles. The molecule has 20 heavy (non-hydrogen) atoms. The number of carbonyl (C=O) groups is 1. The Balaban J connectivity index is 2.36. The number of pyridine rings is 1. The van der Waals surface area contributed by atoms with E-state index in [1.807, 2.05) is 6.07 Å². The fourth-order valence-electron chi connectivity index (χ4n) is 2.07. The third kappa shape index (κ3) is 1.86. The number of aromatic nitrogens is 3. The molecule has 0 radical (unpaired) electrons. The van der Waals surface area contributed by atoms with E-state index in [-0.39, 0.29) is 11.4 Å². The van der Waals surface area contributed by atoms with Gasteiger partial charge in [0, 0.05) is 10.6 Å². The summed E-state index contributed by atoms with van der Waals surface area (Å²) in [6.07, 6.45) is 1.29. The topological polar surface area (TPSA) is 93.5 Å². The Hall–Kier alpha value is -2.60. The summed E-state index contributed by atoms with van der Waals surface area (Å²) in [4.78, 5) is 15.5. The van der Waals surface area contributed by atoms with Crippen LogP contribution in [0.4, 0.5) is 0 Å². The van der Waals surface area contributed by atoms with Crippen LogP contribution in [0.5, 0.6) is 5.75 Å². The van der Waals surface area contributed by atoms with Crippen molar-refractivity contribution < 1.29 is 9.90 Å². The molecule has 0 atom stereocenters. The second-order valence-corrected chi connectivity index (χ2v) is 4.60. The first-order valence-electron chi connectivity index (χ1n) is 5.69. The van der Waals surface area contributed by atoms with Gasteiger partial charge in [0.25, 0.3) is 5.91 Å². The van der Waals surface area contributed by atoms with Gasteiger partial charge in [-0.2, -0.15) is 5.10 Å². The van der Waals surface area contributed by atoms with Crippen molar-refractivity contribution in [3.63, 3.8) is 0 Å². The lowest BCUT2D eigenvalue weighted by molar-refractivity contribution is 0.0990. The zero-order valence-corrected chi connectivity index (χ0v) is 10.9. The van der Waals surface area contributed by atoms with Crippen molar-refractivity contribution in [1.29, 1.82) is 0 Å². The lowest BCUT2D eigenvalue weighted by Gasteiger charge is -2.08. The standard InChI is InChI=1S/C13H9ClN4O2/c14-8-3-1-2-7(4-8)9-5-10(19)11(12(15)20)18-13(9)16-6-17-18/h1-6,19H,(H2,15,20). The maximum Gasteiger partial charge on any atom is 0.271 e. The smallest absolute Gasteiger partial charge is 0.271 e. The second-order valence-electron chi connectivity index (χ2n) is 4.16. The van der Waals surface area contributed by atoms with Crippen LogP contribution in [-0.4, -0.2) is 25.6 Å². The first-order valence-corrected chi connectivity index (χ1v) is 6.07. The summed E-state index contributed by atoms with van der Waals surface area (Å²) < 4.78 is 1.22. The predicted molar refractivity (Wildman–Crippen MR) is 73.6 cm³/mol. The van der Waals surface area contributed by atoms with Crippen LogP contribution in [0.3, 0.4) is 0 Å². The van der Waals surface area contributed by atoms with Crippen molar-refractivity contribution in [3.05, 3.63) is 47.4 Å². The highest BCUT2D eigenvalue weighted by Crippen LogP contribution is 2.31. The number of fused-ring (bicyclic) bond motifs is 1. The number of nitrogens with two attached hydrogens (primary N) is 1. The van der Waals surface area contributed by atoms with Crippen LogP contribution in [0, 0.1) is 0 Å². The number of halogens is 1. The Labute approximate surface area is 118 Å². The first-order chi connectivity index (χ1) is 9.58. The molecular weight excluding hydrogens is 280 g/mol. The number of hydrogen-bond donors (Lipinski definition) is 2. The van der Waals surface area contributed by atoms with Crippen LogP contribution in [-0.2, 0) is 0 Å². The highest BCUT2D eigenvalue weighted by atomic mass is 35.5. The first kappa shape index (κ1) is 12.4. The molecule has 3 N–H and O–H groups in total. The van der Waals surface area contributed by atoms with Gasteiger partial charge in [0.2, 0.25) is 0 Å². The quantitative estimate of drug-likeness (QED) is 0.752. The minimum absolute atomic E-state index is 0.108. The largest absolute Gasteiger partial charge is 0.505 e. The molecule has 2 heterocycles. The average molecular weight is 289 g/mol. The van der Waals surface area contributed by atoms with Gasteiger partial charge >= 0.3 is 0 Å². The van der Waals surface area contributed by atoms with Gasteiger partial charge in [0.1, 0.15) is 12.1 Å². The fraction of sp³-hybridized carbons (Fsp3) is 0. The number of aromatic hydroxyl groups is 1. The minimum atomic E-state index is -0.782. The van der Waals surface area contributed by atoms with Crippen molar-refractivity contribution >= 4 is 23.2 Å². The summed E-state index contributed by atoms with van der Waals surface area (Å²) in [5.74, 6) is -1.04. The van der Waals surface area contributed by atoms with Crippen LogP contribution in [0.1, 0.15) is 10.5 Å². The summed E-state index contributed by atoms with van der Waals surface area (Å²) in [7, 11) is 0. The van der Waals surface area contributed by atoms with Gasteiger partial charge in [0.15, 0.2) is 11.3 Å². The molecule has 0 aliphatic rings. The molecule has 3 rings (SSSR count). The minimum Gasteiger partial charge on any atom is -0.505 e. The second kappa shape index (κ2) is 4.50. The molecule has 0 aliphatic carbocycles. The van der Waals surface area contributed by atoms with E-state index in [4.69, 9.17) is 17.3 Å². The molecule has 1 aromatic carbocycles. The normalized spacial score (nSPS) is 10.8. The van der Waals surface area contributed by atoms with Crippen LogP contribution in [0.15, 0.2) is 36.7 Å². The number of hydrogen-bond acceptors (Lipinski definition) is 4.